The zero-order chi connectivity index (χ0) is 8.36. The standard InChI is InChI=1S/C8H12N2S/c1-3-9-5-7-11-8-6-10-4-2/h3-10H,1-2H2. The molecule has 0 amide bonds. The minimum absolute atomic E-state index is 1.55. The molecule has 0 fully saturated rings. The summed E-state index contributed by atoms with van der Waals surface area (Å²) >= 11 is 1.55. The first-order valence-electron chi connectivity index (χ1n) is 3.11. The molecule has 3 heteroatoms. The second-order valence-corrected chi connectivity index (χ2v) is 2.30. The fourth-order valence-corrected chi connectivity index (χ4v) is 0.744. The van der Waals surface area contributed by atoms with Crippen LogP contribution in [-0.2, 0) is 0 Å². The van der Waals surface area contributed by atoms with Gasteiger partial charge in [0.2, 0.25) is 0 Å². The maximum Gasteiger partial charge on any atom is 0.00711 e. The van der Waals surface area contributed by atoms with Crippen LogP contribution in [0.1, 0.15) is 0 Å². The first-order valence-corrected chi connectivity index (χ1v) is 4.05. The molecule has 0 atom stereocenters. The van der Waals surface area contributed by atoms with Gasteiger partial charge in [0.1, 0.15) is 0 Å². The lowest BCUT2D eigenvalue weighted by Gasteiger charge is -1.86. The van der Waals surface area contributed by atoms with Crippen LogP contribution in [0.5, 0.6) is 0 Å². The van der Waals surface area contributed by atoms with E-state index >= 15 is 0 Å². The second kappa shape index (κ2) is 8.91. The number of nitrogens with one attached hydrogen (secondary N) is 2. The quantitative estimate of drug-likeness (QED) is 0.635. The summed E-state index contributed by atoms with van der Waals surface area (Å²) in [5.41, 5.74) is 0. The van der Waals surface area contributed by atoms with Crippen molar-refractivity contribution >= 4 is 11.8 Å². The van der Waals surface area contributed by atoms with E-state index in [1.54, 1.807) is 36.6 Å². The van der Waals surface area contributed by atoms with Crippen LogP contribution >= 0.6 is 11.8 Å². The summed E-state index contributed by atoms with van der Waals surface area (Å²) < 4.78 is 0. The Balaban J connectivity index is 3.24. The zero-order valence-electron chi connectivity index (χ0n) is 6.29. The fraction of sp³-hybridized carbons (Fsp3) is 0. The van der Waals surface area contributed by atoms with Crippen molar-refractivity contribution in [1.29, 1.82) is 0 Å². The summed E-state index contributed by atoms with van der Waals surface area (Å²) in [7, 11) is 0. The normalized spacial score (nSPS) is 10.2. The van der Waals surface area contributed by atoms with E-state index < -0.39 is 0 Å². The molecular weight excluding hydrogens is 156 g/mol. The van der Waals surface area contributed by atoms with Crippen LogP contribution in [0.25, 0.3) is 0 Å². The molecule has 0 aromatic heterocycles. The van der Waals surface area contributed by atoms with Crippen molar-refractivity contribution in [2.75, 3.05) is 0 Å². The third kappa shape index (κ3) is 8.91. The van der Waals surface area contributed by atoms with Crippen LogP contribution in [0, 0.1) is 0 Å². The van der Waals surface area contributed by atoms with Crippen LogP contribution in [0.2, 0.25) is 0 Å². The van der Waals surface area contributed by atoms with Crippen molar-refractivity contribution in [3.05, 3.63) is 48.8 Å². The highest BCUT2D eigenvalue weighted by Crippen LogP contribution is 2.00. The predicted octanol–water partition coefficient (Wildman–Crippen LogP) is 2.13. The van der Waals surface area contributed by atoms with Crippen LogP contribution in [0.4, 0.5) is 0 Å². The van der Waals surface area contributed by atoms with E-state index in [2.05, 4.69) is 23.8 Å². The molecule has 0 rings (SSSR count). The predicted molar refractivity (Wildman–Crippen MR) is 52.5 cm³/mol. The average Bonchev–Trinajstić information content (AvgIpc) is 2.03. The molecule has 0 bridgehead atoms. The van der Waals surface area contributed by atoms with Gasteiger partial charge in [-0.1, -0.05) is 13.2 Å². The van der Waals surface area contributed by atoms with Gasteiger partial charge in [-0.05, 0) is 23.2 Å². The van der Waals surface area contributed by atoms with Gasteiger partial charge < -0.3 is 10.6 Å². The van der Waals surface area contributed by atoms with Gasteiger partial charge in [-0.15, -0.1) is 11.8 Å². The molecule has 0 aliphatic carbocycles. The van der Waals surface area contributed by atoms with Crippen LogP contribution in [-0.4, -0.2) is 0 Å². The number of rotatable bonds is 6. The molecule has 0 saturated heterocycles. The van der Waals surface area contributed by atoms with Gasteiger partial charge in [-0.2, -0.15) is 0 Å². The molecule has 11 heavy (non-hydrogen) atoms. The summed E-state index contributed by atoms with van der Waals surface area (Å²) in [4.78, 5) is 0. The van der Waals surface area contributed by atoms with Crippen molar-refractivity contribution in [1.82, 2.24) is 10.6 Å². The maximum atomic E-state index is 3.49. The highest BCUT2D eigenvalue weighted by atomic mass is 32.2. The van der Waals surface area contributed by atoms with Crippen molar-refractivity contribution in [3.63, 3.8) is 0 Å². The molecule has 0 spiro atoms. The second-order valence-electron chi connectivity index (χ2n) is 1.48. The summed E-state index contributed by atoms with van der Waals surface area (Å²) in [6.45, 7) is 6.99. The van der Waals surface area contributed by atoms with Gasteiger partial charge in [0.25, 0.3) is 0 Å². The molecule has 2 nitrogen and oxygen atoms in total. The molecule has 0 aromatic carbocycles. The topological polar surface area (TPSA) is 24.1 Å². The van der Waals surface area contributed by atoms with Gasteiger partial charge in [0.05, 0.1) is 0 Å². The third-order valence-corrected chi connectivity index (χ3v) is 1.31. The van der Waals surface area contributed by atoms with E-state index in [0.717, 1.165) is 0 Å². The molecular formula is C8H12N2S. The van der Waals surface area contributed by atoms with Crippen molar-refractivity contribution in [3.8, 4) is 0 Å². The molecule has 0 aliphatic heterocycles. The van der Waals surface area contributed by atoms with Crippen LogP contribution in [0.3, 0.4) is 0 Å². The number of hydrogen-bond acceptors (Lipinski definition) is 3. The van der Waals surface area contributed by atoms with Crippen molar-refractivity contribution in [2.45, 2.75) is 0 Å². The van der Waals surface area contributed by atoms with E-state index in [9.17, 15) is 0 Å². The van der Waals surface area contributed by atoms with E-state index in [0.29, 0.717) is 0 Å². The summed E-state index contributed by atoms with van der Waals surface area (Å²) in [5, 5.41) is 9.47. The maximum absolute atomic E-state index is 3.49. The lowest BCUT2D eigenvalue weighted by molar-refractivity contribution is 1.21. The average molecular weight is 168 g/mol. The highest BCUT2D eigenvalue weighted by Gasteiger charge is 1.68. The van der Waals surface area contributed by atoms with Gasteiger partial charge in [0, 0.05) is 12.4 Å². The van der Waals surface area contributed by atoms with E-state index in [1.165, 1.54) is 0 Å². The Morgan fingerprint density at radius 3 is 1.73 bits per heavy atom. The van der Waals surface area contributed by atoms with Crippen LogP contribution < -0.4 is 10.6 Å². The van der Waals surface area contributed by atoms with E-state index in [4.69, 9.17) is 0 Å². The minimum atomic E-state index is 1.55. The molecule has 60 valence electrons. The zero-order valence-corrected chi connectivity index (χ0v) is 7.10. The van der Waals surface area contributed by atoms with Gasteiger partial charge in [0.15, 0.2) is 0 Å². The fourth-order valence-electron chi connectivity index (χ4n) is 0.339. The Bertz CT molecular complexity index is 143. The molecule has 2 N–H and O–H groups in total. The number of hydrogen-bond donors (Lipinski definition) is 2. The molecule has 0 aromatic rings. The summed E-state index contributed by atoms with van der Waals surface area (Å²) in [6, 6.07) is 0. The molecule has 0 radical (unpaired) electrons. The lowest BCUT2D eigenvalue weighted by Crippen LogP contribution is -1.88. The van der Waals surface area contributed by atoms with E-state index in [-0.39, 0.29) is 0 Å². The molecule has 0 saturated carbocycles. The van der Waals surface area contributed by atoms with Gasteiger partial charge in [-0.3, -0.25) is 0 Å². The van der Waals surface area contributed by atoms with Gasteiger partial charge >= 0.3 is 0 Å². The van der Waals surface area contributed by atoms with Crippen molar-refractivity contribution in [2.24, 2.45) is 0 Å². The molecule has 0 heterocycles. The van der Waals surface area contributed by atoms with Crippen LogP contribution in [0.15, 0.2) is 48.8 Å². The highest BCUT2D eigenvalue weighted by molar-refractivity contribution is 8.04. The molecule has 0 unspecified atom stereocenters. The Morgan fingerprint density at radius 2 is 1.36 bits per heavy atom. The Labute approximate surface area is 71.8 Å². The lowest BCUT2D eigenvalue weighted by atomic mass is 10.9. The SMILES string of the molecule is C=CNC=CSC=CNC=C. The van der Waals surface area contributed by atoms with Crippen molar-refractivity contribution < 1.29 is 0 Å². The largest absolute Gasteiger partial charge is 0.368 e. The Hall–Kier alpha value is -1.09. The summed E-state index contributed by atoms with van der Waals surface area (Å²) in [5.74, 6) is 0. The Kier molecular flexibility index (Phi) is 8.03. The third-order valence-electron chi connectivity index (χ3n) is 0.721. The Morgan fingerprint density at radius 1 is 0.909 bits per heavy atom. The first-order chi connectivity index (χ1) is 5.41. The molecule has 0 aliphatic rings. The number of thioether (sulfide) groups is 1. The summed E-state index contributed by atoms with van der Waals surface area (Å²) in [6.07, 6.45) is 6.83. The minimum Gasteiger partial charge on any atom is -0.368 e. The van der Waals surface area contributed by atoms with Gasteiger partial charge in [-0.25, -0.2) is 0 Å². The smallest absolute Gasteiger partial charge is 0.00711 e. The monoisotopic (exact) mass is 168 g/mol. The first kappa shape index (κ1) is 9.91. The van der Waals surface area contributed by atoms with E-state index in [1.807, 2.05) is 10.8 Å².